The number of aromatic nitrogens is 2. The van der Waals surface area contributed by atoms with Gasteiger partial charge in [-0.2, -0.15) is 0 Å². The summed E-state index contributed by atoms with van der Waals surface area (Å²) < 4.78 is 10.8. The van der Waals surface area contributed by atoms with Crippen molar-refractivity contribution in [2.45, 2.75) is 37.8 Å². The number of thioether (sulfide) groups is 1. The monoisotopic (exact) mass is 475 g/mol. The van der Waals surface area contributed by atoms with E-state index < -0.39 is 0 Å². The molecule has 0 fully saturated rings. The molecule has 0 aromatic carbocycles. The highest BCUT2D eigenvalue weighted by Gasteiger charge is 2.27. The Balaban J connectivity index is 1.38. The minimum absolute atomic E-state index is 0.0983. The number of aryl methyl sites for hydroxylation is 1. The van der Waals surface area contributed by atoms with Crippen molar-refractivity contribution >= 4 is 63.5 Å². The van der Waals surface area contributed by atoms with Crippen LogP contribution < -0.4 is 5.32 Å². The van der Waals surface area contributed by atoms with E-state index in [2.05, 4.69) is 15.5 Å². The van der Waals surface area contributed by atoms with Gasteiger partial charge in [0.25, 0.3) is 5.22 Å². The lowest BCUT2D eigenvalue weighted by Gasteiger charge is -2.12. The molecule has 0 saturated carbocycles. The van der Waals surface area contributed by atoms with E-state index >= 15 is 0 Å². The molecule has 31 heavy (non-hydrogen) atoms. The summed E-state index contributed by atoms with van der Waals surface area (Å²) in [5.74, 6) is -0.125. The van der Waals surface area contributed by atoms with Gasteiger partial charge in [0.2, 0.25) is 11.8 Å². The van der Waals surface area contributed by atoms with Crippen molar-refractivity contribution in [3.63, 3.8) is 0 Å². The third kappa shape index (κ3) is 5.44. The van der Waals surface area contributed by atoms with Crippen LogP contribution in [0, 0.1) is 0 Å². The third-order valence-corrected chi connectivity index (χ3v) is 7.45. The standard InChI is InChI=1S/C21H21N3O4S3/c1-2-27-20(26)18-14-7-3-4-8-15(14)31-19(18)22-16(25)12-30-21-24-23-17(28-21)10-9-13-6-5-11-29-13/h5-6,9-11H,2-4,7-8,12H2,1H3,(H,22,25)/b10-9+. The van der Waals surface area contributed by atoms with E-state index in [0.29, 0.717) is 28.3 Å². The molecule has 0 atom stereocenters. The molecule has 10 heteroatoms. The molecule has 1 N–H and O–H groups in total. The number of carbonyl (C=O) groups is 2. The van der Waals surface area contributed by atoms with Crippen molar-refractivity contribution in [2.24, 2.45) is 0 Å². The molecule has 0 spiro atoms. The SMILES string of the molecule is CCOC(=O)c1c(NC(=O)CSc2nnc(/C=C/c3cccs3)o2)sc2c1CCCC2. The van der Waals surface area contributed by atoms with Crippen molar-refractivity contribution in [3.8, 4) is 0 Å². The second-order valence-electron chi connectivity index (χ2n) is 6.73. The summed E-state index contributed by atoms with van der Waals surface area (Å²) in [5.41, 5.74) is 1.54. The lowest BCUT2D eigenvalue weighted by atomic mass is 9.95. The van der Waals surface area contributed by atoms with Crippen LogP contribution in [-0.2, 0) is 22.4 Å². The molecule has 0 saturated heterocycles. The summed E-state index contributed by atoms with van der Waals surface area (Å²) in [5, 5.41) is 13.7. The Hall–Kier alpha value is -2.43. The summed E-state index contributed by atoms with van der Waals surface area (Å²) in [4.78, 5) is 27.3. The van der Waals surface area contributed by atoms with Crippen LogP contribution in [0.5, 0.6) is 0 Å². The smallest absolute Gasteiger partial charge is 0.341 e. The largest absolute Gasteiger partial charge is 0.462 e. The number of anilines is 1. The first kappa shape index (κ1) is 21.8. The number of rotatable bonds is 8. The van der Waals surface area contributed by atoms with E-state index in [1.54, 1.807) is 24.3 Å². The predicted molar refractivity (Wildman–Crippen MR) is 124 cm³/mol. The predicted octanol–water partition coefficient (Wildman–Crippen LogP) is 5.15. The highest BCUT2D eigenvalue weighted by molar-refractivity contribution is 7.99. The van der Waals surface area contributed by atoms with Crippen LogP contribution in [0.2, 0.25) is 0 Å². The number of hydrogen-bond acceptors (Lipinski definition) is 9. The fourth-order valence-electron chi connectivity index (χ4n) is 3.25. The molecule has 3 heterocycles. The summed E-state index contributed by atoms with van der Waals surface area (Å²) in [6.45, 7) is 2.08. The Bertz CT molecular complexity index is 1090. The maximum atomic E-state index is 12.5. The fourth-order valence-corrected chi connectivity index (χ4v) is 5.73. The van der Waals surface area contributed by atoms with Gasteiger partial charge in [-0.15, -0.1) is 32.9 Å². The number of fused-ring (bicyclic) bond motifs is 1. The molecule has 4 rings (SSSR count). The Labute approximate surface area is 191 Å². The lowest BCUT2D eigenvalue weighted by molar-refractivity contribution is -0.113. The minimum Gasteiger partial charge on any atom is -0.462 e. The van der Waals surface area contributed by atoms with E-state index in [9.17, 15) is 9.59 Å². The quantitative estimate of drug-likeness (QED) is 0.356. The zero-order valence-corrected chi connectivity index (χ0v) is 19.3. The number of nitrogens with zero attached hydrogens (tertiary/aromatic N) is 2. The average molecular weight is 476 g/mol. The first-order valence-corrected chi connectivity index (χ1v) is 12.6. The zero-order valence-electron chi connectivity index (χ0n) is 16.9. The van der Waals surface area contributed by atoms with E-state index in [4.69, 9.17) is 9.15 Å². The number of thiophene rings is 2. The van der Waals surface area contributed by atoms with Gasteiger partial charge in [0, 0.05) is 15.8 Å². The molecule has 1 aliphatic rings. The average Bonchev–Trinajstić information content (AvgIpc) is 3.50. The van der Waals surface area contributed by atoms with Crippen LogP contribution in [0.4, 0.5) is 5.00 Å². The van der Waals surface area contributed by atoms with Crippen LogP contribution in [0.15, 0.2) is 27.2 Å². The molecular formula is C21H21N3O4S3. The zero-order chi connectivity index (χ0) is 21.6. The highest BCUT2D eigenvalue weighted by Crippen LogP contribution is 2.38. The molecule has 7 nitrogen and oxygen atoms in total. The number of nitrogens with one attached hydrogen (secondary N) is 1. The van der Waals surface area contributed by atoms with Gasteiger partial charge in [0.1, 0.15) is 5.00 Å². The second kappa shape index (κ2) is 10.3. The van der Waals surface area contributed by atoms with Gasteiger partial charge < -0.3 is 14.5 Å². The van der Waals surface area contributed by atoms with Gasteiger partial charge in [-0.3, -0.25) is 4.79 Å². The molecule has 1 amide bonds. The Morgan fingerprint density at radius 2 is 2.16 bits per heavy atom. The number of ether oxygens (including phenoxy) is 1. The fraction of sp³-hybridized carbons (Fsp3) is 0.333. The van der Waals surface area contributed by atoms with Gasteiger partial charge >= 0.3 is 5.97 Å². The molecule has 0 unspecified atom stereocenters. The van der Waals surface area contributed by atoms with Crippen molar-refractivity contribution in [2.75, 3.05) is 17.7 Å². The van der Waals surface area contributed by atoms with Gasteiger partial charge in [0.15, 0.2) is 0 Å². The van der Waals surface area contributed by atoms with Gasteiger partial charge in [-0.1, -0.05) is 17.8 Å². The third-order valence-electron chi connectivity index (χ3n) is 4.59. The molecule has 3 aromatic heterocycles. The van der Waals surface area contributed by atoms with Gasteiger partial charge in [-0.05, 0) is 55.7 Å². The van der Waals surface area contributed by atoms with Gasteiger partial charge in [-0.25, -0.2) is 4.79 Å². The van der Waals surface area contributed by atoms with Crippen molar-refractivity contribution in [1.82, 2.24) is 10.2 Å². The Kier molecular flexibility index (Phi) is 7.21. The molecular weight excluding hydrogens is 454 g/mol. The van der Waals surface area contributed by atoms with E-state index in [0.717, 1.165) is 52.8 Å². The summed E-state index contributed by atoms with van der Waals surface area (Å²) in [6.07, 6.45) is 7.55. The summed E-state index contributed by atoms with van der Waals surface area (Å²) in [6, 6.07) is 3.96. The minimum atomic E-state index is -0.371. The molecule has 0 aliphatic heterocycles. The summed E-state index contributed by atoms with van der Waals surface area (Å²) in [7, 11) is 0. The van der Waals surface area contributed by atoms with E-state index in [1.807, 2.05) is 23.6 Å². The Morgan fingerprint density at radius 1 is 1.29 bits per heavy atom. The second-order valence-corrected chi connectivity index (χ2v) is 9.74. The molecule has 0 bridgehead atoms. The van der Waals surface area contributed by atoms with Crippen LogP contribution in [-0.4, -0.2) is 34.4 Å². The molecule has 162 valence electrons. The van der Waals surface area contributed by atoms with Crippen molar-refractivity contribution in [1.29, 1.82) is 0 Å². The number of amides is 1. The van der Waals surface area contributed by atoms with Crippen LogP contribution in [0.25, 0.3) is 12.2 Å². The molecule has 0 radical (unpaired) electrons. The maximum absolute atomic E-state index is 12.5. The van der Waals surface area contributed by atoms with Crippen molar-refractivity contribution in [3.05, 3.63) is 44.3 Å². The Morgan fingerprint density at radius 3 is 2.97 bits per heavy atom. The van der Waals surface area contributed by atoms with Crippen LogP contribution in [0.3, 0.4) is 0 Å². The first-order chi connectivity index (χ1) is 15.1. The lowest BCUT2D eigenvalue weighted by Crippen LogP contribution is -2.17. The first-order valence-electron chi connectivity index (χ1n) is 9.93. The number of esters is 1. The van der Waals surface area contributed by atoms with Gasteiger partial charge in [0.05, 0.1) is 17.9 Å². The van der Waals surface area contributed by atoms with Crippen molar-refractivity contribution < 1.29 is 18.7 Å². The molecule has 1 aliphatic carbocycles. The van der Waals surface area contributed by atoms with E-state index in [1.165, 1.54) is 11.3 Å². The number of carbonyl (C=O) groups excluding carboxylic acids is 2. The summed E-state index contributed by atoms with van der Waals surface area (Å²) >= 11 is 4.24. The highest BCUT2D eigenvalue weighted by atomic mass is 32.2. The normalized spacial score (nSPS) is 13.3. The number of hydrogen-bond donors (Lipinski definition) is 1. The van der Waals surface area contributed by atoms with E-state index in [-0.39, 0.29) is 17.6 Å². The van der Waals surface area contributed by atoms with Crippen LogP contribution in [0.1, 0.15) is 51.3 Å². The molecule has 3 aromatic rings. The topological polar surface area (TPSA) is 94.3 Å². The maximum Gasteiger partial charge on any atom is 0.341 e. The van der Waals surface area contributed by atoms with Crippen LogP contribution >= 0.6 is 34.4 Å².